The number of ether oxygens (including phenoxy) is 3. The van der Waals surface area contributed by atoms with Crippen LogP contribution in [0.3, 0.4) is 0 Å². The first kappa shape index (κ1) is 14.2. The van der Waals surface area contributed by atoms with Crippen molar-refractivity contribution >= 4 is 11.7 Å². The quantitative estimate of drug-likeness (QED) is 0.684. The van der Waals surface area contributed by atoms with Gasteiger partial charge in [0.25, 0.3) is 0 Å². The zero-order valence-corrected chi connectivity index (χ0v) is 12.3. The number of nitrogen functional groups attached to an aromatic ring is 1. The van der Waals surface area contributed by atoms with Gasteiger partial charge in [-0.25, -0.2) is 4.79 Å². The number of anilines is 1. The highest BCUT2D eigenvalue weighted by atomic mass is 16.6. The average Bonchev–Trinajstić information content (AvgIpc) is 2.46. The predicted molar refractivity (Wildman–Crippen MR) is 78.4 cm³/mol. The van der Waals surface area contributed by atoms with Crippen LogP contribution in [0.1, 0.15) is 42.5 Å². The number of rotatable bonds is 3. The summed E-state index contributed by atoms with van der Waals surface area (Å²) >= 11 is 0. The summed E-state index contributed by atoms with van der Waals surface area (Å²) in [4.78, 5) is 12.3. The molecule has 1 heterocycles. The minimum Gasteiger partial charge on any atom is -0.495 e. The van der Waals surface area contributed by atoms with Gasteiger partial charge < -0.3 is 19.9 Å². The van der Waals surface area contributed by atoms with Gasteiger partial charge in [-0.1, -0.05) is 6.07 Å². The SMILES string of the molecule is COc1cccc(C(=O)OC2CCOC3(CCC3)C2)c1N. The van der Waals surface area contributed by atoms with Crippen LogP contribution in [0.15, 0.2) is 18.2 Å². The van der Waals surface area contributed by atoms with Crippen LogP contribution in [0.4, 0.5) is 5.69 Å². The van der Waals surface area contributed by atoms with Crippen LogP contribution in [0.2, 0.25) is 0 Å². The molecular formula is C16H21NO4. The first-order valence-electron chi connectivity index (χ1n) is 7.41. The van der Waals surface area contributed by atoms with Gasteiger partial charge in [-0.05, 0) is 31.4 Å². The van der Waals surface area contributed by atoms with Gasteiger partial charge in [0.15, 0.2) is 0 Å². The molecule has 1 spiro atoms. The highest BCUT2D eigenvalue weighted by molar-refractivity contribution is 5.96. The standard InChI is InChI=1S/C16H21NO4/c1-19-13-5-2-4-12(14(13)17)15(18)21-11-6-9-20-16(10-11)7-3-8-16/h2,4-5,11H,3,6-10,17H2,1H3. The van der Waals surface area contributed by atoms with Crippen molar-refractivity contribution in [3.63, 3.8) is 0 Å². The van der Waals surface area contributed by atoms with Crippen LogP contribution in [0.5, 0.6) is 5.75 Å². The second-order valence-corrected chi connectivity index (χ2v) is 5.83. The molecule has 3 rings (SSSR count). The van der Waals surface area contributed by atoms with Crippen molar-refractivity contribution in [1.82, 2.24) is 0 Å². The van der Waals surface area contributed by atoms with Crippen molar-refractivity contribution in [3.8, 4) is 5.75 Å². The van der Waals surface area contributed by atoms with Crippen LogP contribution in [-0.4, -0.2) is 31.4 Å². The van der Waals surface area contributed by atoms with E-state index >= 15 is 0 Å². The smallest absolute Gasteiger partial charge is 0.340 e. The van der Waals surface area contributed by atoms with Gasteiger partial charge >= 0.3 is 5.97 Å². The molecule has 0 bridgehead atoms. The molecular weight excluding hydrogens is 270 g/mol. The first-order valence-corrected chi connectivity index (χ1v) is 7.41. The monoisotopic (exact) mass is 291 g/mol. The van der Waals surface area contributed by atoms with Gasteiger partial charge in [-0.2, -0.15) is 0 Å². The van der Waals surface area contributed by atoms with Crippen molar-refractivity contribution in [2.45, 2.75) is 43.8 Å². The Morgan fingerprint density at radius 2 is 2.24 bits per heavy atom. The fraction of sp³-hybridized carbons (Fsp3) is 0.562. The van der Waals surface area contributed by atoms with Crippen molar-refractivity contribution < 1.29 is 19.0 Å². The molecule has 5 nitrogen and oxygen atoms in total. The molecule has 21 heavy (non-hydrogen) atoms. The van der Waals surface area contributed by atoms with Gasteiger partial charge in [0.1, 0.15) is 11.9 Å². The lowest BCUT2D eigenvalue weighted by Gasteiger charge is -2.46. The molecule has 2 aliphatic rings. The molecule has 1 aliphatic heterocycles. The molecule has 0 radical (unpaired) electrons. The topological polar surface area (TPSA) is 70.8 Å². The van der Waals surface area contributed by atoms with E-state index in [4.69, 9.17) is 19.9 Å². The van der Waals surface area contributed by atoms with Crippen LogP contribution in [-0.2, 0) is 9.47 Å². The molecule has 0 aromatic heterocycles. The number of methoxy groups -OCH3 is 1. The average molecular weight is 291 g/mol. The van der Waals surface area contributed by atoms with Gasteiger partial charge in [-0.15, -0.1) is 0 Å². The van der Waals surface area contributed by atoms with Crippen molar-refractivity contribution in [3.05, 3.63) is 23.8 Å². The van der Waals surface area contributed by atoms with E-state index in [1.807, 2.05) is 0 Å². The maximum absolute atomic E-state index is 12.3. The number of hydrogen-bond donors (Lipinski definition) is 1. The molecule has 2 N–H and O–H groups in total. The number of para-hydroxylation sites is 1. The molecule has 2 fully saturated rings. The summed E-state index contributed by atoms with van der Waals surface area (Å²) in [5.74, 6) is 0.111. The summed E-state index contributed by atoms with van der Waals surface area (Å²) in [6.07, 6.45) is 4.80. The summed E-state index contributed by atoms with van der Waals surface area (Å²) < 4.78 is 16.6. The van der Waals surface area contributed by atoms with Crippen LogP contribution >= 0.6 is 0 Å². The molecule has 1 aromatic carbocycles. The summed E-state index contributed by atoms with van der Waals surface area (Å²) in [5, 5.41) is 0. The molecule has 1 saturated heterocycles. The molecule has 1 saturated carbocycles. The van der Waals surface area contributed by atoms with E-state index < -0.39 is 0 Å². The molecule has 114 valence electrons. The van der Waals surface area contributed by atoms with E-state index in [0.29, 0.717) is 23.6 Å². The van der Waals surface area contributed by atoms with Gasteiger partial charge in [0.05, 0.1) is 30.6 Å². The van der Waals surface area contributed by atoms with Crippen molar-refractivity contribution in [2.24, 2.45) is 0 Å². The maximum atomic E-state index is 12.3. The zero-order valence-electron chi connectivity index (χ0n) is 12.3. The van der Waals surface area contributed by atoms with E-state index in [1.54, 1.807) is 18.2 Å². The lowest BCUT2D eigenvalue weighted by molar-refractivity contribution is -0.159. The minimum atomic E-state index is -0.382. The Labute approximate surface area is 124 Å². The van der Waals surface area contributed by atoms with E-state index in [-0.39, 0.29) is 17.7 Å². The molecule has 0 amide bonds. The lowest BCUT2D eigenvalue weighted by Crippen LogP contribution is -2.48. The zero-order chi connectivity index (χ0) is 14.9. The third kappa shape index (κ3) is 2.70. The highest BCUT2D eigenvalue weighted by Gasteiger charge is 2.43. The normalized spacial score (nSPS) is 23.4. The number of hydrogen-bond acceptors (Lipinski definition) is 5. The van der Waals surface area contributed by atoms with Crippen molar-refractivity contribution in [1.29, 1.82) is 0 Å². The number of benzene rings is 1. The fourth-order valence-corrected chi connectivity index (χ4v) is 3.12. The largest absolute Gasteiger partial charge is 0.495 e. The van der Waals surface area contributed by atoms with Crippen molar-refractivity contribution in [2.75, 3.05) is 19.5 Å². The Kier molecular flexibility index (Phi) is 3.76. The summed E-state index contributed by atoms with van der Waals surface area (Å²) in [6, 6.07) is 5.13. The second-order valence-electron chi connectivity index (χ2n) is 5.83. The van der Waals surface area contributed by atoms with Gasteiger partial charge in [0.2, 0.25) is 0 Å². The molecule has 1 atom stereocenters. The third-order valence-electron chi connectivity index (χ3n) is 4.49. The lowest BCUT2D eigenvalue weighted by atomic mass is 9.74. The number of carbonyl (C=O) groups excluding carboxylic acids is 1. The van der Waals surface area contributed by atoms with E-state index in [2.05, 4.69) is 0 Å². The Hall–Kier alpha value is -1.75. The Morgan fingerprint density at radius 3 is 2.90 bits per heavy atom. The van der Waals surface area contributed by atoms with Crippen LogP contribution in [0, 0.1) is 0 Å². The summed E-state index contributed by atoms with van der Waals surface area (Å²) in [6.45, 7) is 0.658. The Bertz CT molecular complexity index is 539. The van der Waals surface area contributed by atoms with Crippen LogP contribution < -0.4 is 10.5 Å². The van der Waals surface area contributed by atoms with Gasteiger partial charge in [0, 0.05) is 12.8 Å². The van der Waals surface area contributed by atoms with E-state index in [0.717, 1.165) is 25.7 Å². The van der Waals surface area contributed by atoms with E-state index in [9.17, 15) is 4.79 Å². The fourth-order valence-electron chi connectivity index (χ4n) is 3.12. The Balaban J connectivity index is 1.69. The highest BCUT2D eigenvalue weighted by Crippen LogP contribution is 2.43. The minimum absolute atomic E-state index is 0.0386. The number of carbonyl (C=O) groups is 1. The molecule has 5 heteroatoms. The van der Waals surface area contributed by atoms with Gasteiger partial charge in [-0.3, -0.25) is 0 Å². The summed E-state index contributed by atoms with van der Waals surface area (Å²) in [5.41, 5.74) is 6.59. The third-order valence-corrected chi connectivity index (χ3v) is 4.49. The molecule has 1 unspecified atom stereocenters. The van der Waals surface area contributed by atoms with E-state index in [1.165, 1.54) is 13.5 Å². The number of esters is 1. The molecule has 1 aromatic rings. The Morgan fingerprint density at radius 1 is 1.43 bits per heavy atom. The second kappa shape index (κ2) is 5.56. The maximum Gasteiger partial charge on any atom is 0.340 e. The van der Waals surface area contributed by atoms with Crippen LogP contribution in [0.25, 0.3) is 0 Å². The predicted octanol–water partition coefficient (Wildman–Crippen LogP) is 2.54. The summed E-state index contributed by atoms with van der Waals surface area (Å²) in [7, 11) is 1.53. The first-order chi connectivity index (χ1) is 10.1. The molecule has 1 aliphatic carbocycles. The number of nitrogens with two attached hydrogens (primary N) is 1.